The van der Waals surface area contributed by atoms with Crippen LogP contribution in [0.1, 0.15) is 5.69 Å². The van der Waals surface area contributed by atoms with E-state index in [0.717, 1.165) is 16.3 Å². The van der Waals surface area contributed by atoms with Crippen molar-refractivity contribution in [1.29, 1.82) is 0 Å². The largest absolute Gasteiger partial charge is 0.395 e. The van der Waals surface area contributed by atoms with Crippen molar-refractivity contribution < 1.29 is 14.2 Å². The van der Waals surface area contributed by atoms with Crippen LogP contribution >= 0.6 is 11.3 Å². The van der Waals surface area contributed by atoms with Crippen LogP contribution < -0.4 is 0 Å². The zero-order valence-corrected chi connectivity index (χ0v) is 10.4. The Morgan fingerprint density at radius 3 is 2.89 bits per heavy atom. The molecule has 2 aromatic rings. The smallest absolute Gasteiger partial charge is 0.123 e. The van der Waals surface area contributed by atoms with Crippen LogP contribution in [-0.4, -0.2) is 29.9 Å². The predicted molar refractivity (Wildman–Crippen MR) is 67.1 cm³/mol. The van der Waals surface area contributed by atoms with Crippen LogP contribution in [0.15, 0.2) is 29.6 Å². The average molecular weight is 265 g/mol. The maximum absolute atomic E-state index is 13.2. The Kier molecular flexibility index (Phi) is 2.89. The van der Waals surface area contributed by atoms with Crippen LogP contribution in [0.3, 0.4) is 0 Å². The quantitative estimate of drug-likeness (QED) is 0.925. The number of ether oxygens (including phenoxy) is 1. The third-order valence-electron chi connectivity index (χ3n) is 3.18. The summed E-state index contributed by atoms with van der Waals surface area (Å²) in [6.45, 7) is 1.02. The highest BCUT2D eigenvalue weighted by atomic mass is 32.1. The van der Waals surface area contributed by atoms with Crippen molar-refractivity contribution in [2.24, 2.45) is 0 Å². The fraction of sp³-hybridized carbons (Fsp3) is 0.308. The summed E-state index contributed by atoms with van der Waals surface area (Å²) < 4.78 is 18.3. The van der Waals surface area contributed by atoms with E-state index in [-0.39, 0.29) is 17.8 Å². The lowest BCUT2D eigenvalue weighted by Crippen LogP contribution is -2.49. The monoisotopic (exact) mass is 265 g/mol. The Morgan fingerprint density at radius 2 is 2.28 bits per heavy atom. The van der Waals surface area contributed by atoms with Gasteiger partial charge in [-0.05, 0) is 12.1 Å². The maximum Gasteiger partial charge on any atom is 0.123 e. The predicted octanol–water partition coefficient (Wildman–Crippen LogP) is 2.21. The van der Waals surface area contributed by atoms with Gasteiger partial charge in [-0.15, -0.1) is 11.3 Å². The van der Waals surface area contributed by atoms with Crippen LogP contribution in [0.25, 0.3) is 10.6 Å². The summed E-state index contributed by atoms with van der Waals surface area (Å²) in [5.74, 6) is -0.270. The number of aliphatic hydroxyl groups is 1. The molecule has 18 heavy (non-hydrogen) atoms. The molecule has 0 aliphatic carbocycles. The minimum absolute atomic E-state index is 0.0271. The Hall–Kier alpha value is -1.30. The summed E-state index contributed by atoms with van der Waals surface area (Å²) in [7, 11) is 0. The van der Waals surface area contributed by atoms with E-state index >= 15 is 0 Å². The van der Waals surface area contributed by atoms with E-state index in [9.17, 15) is 9.50 Å². The van der Waals surface area contributed by atoms with Gasteiger partial charge in [0.2, 0.25) is 0 Å². The molecule has 0 atom stereocenters. The van der Waals surface area contributed by atoms with Gasteiger partial charge in [0.15, 0.2) is 0 Å². The first-order valence-corrected chi connectivity index (χ1v) is 6.52. The minimum Gasteiger partial charge on any atom is -0.395 e. The maximum atomic E-state index is 13.2. The Bertz CT molecular complexity index is 560. The number of hydrogen-bond acceptors (Lipinski definition) is 4. The second-order valence-electron chi connectivity index (χ2n) is 4.48. The average Bonchev–Trinajstić information content (AvgIpc) is 2.78. The SMILES string of the molecule is OCC1(c2csc(-c3cccc(F)c3)n2)COC1. The lowest BCUT2D eigenvalue weighted by molar-refractivity contribution is -0.0859. The number of hydrogen-bond donors (Lipinski definition) is 1. The van der Waals surface area contributed by atoms with Crippen molar-refractivity contribution in [3.63, 3.8) is 0 Å². The highest BCUT2D eigenvalue weighted by Gasteiger charge is 2.42. The lowest BCUT2D eigenvalue weighted by Gasteiger charge is -2.38. The summed E-state index contributed by atoms with van der Waals surface area (Å²) >= 11 is 1.46. The number of thiazole rings is 1. The number of aliphatic hydroxyl groups excluding tert-OH is 1. The van der Waals surface area contributed by atoms with E-state index in [1.54, 1.807) is 6.07 Å². The summed E-state index contributed by atoms with van der Waals surface area (Å²) in [5.41, 5.74) is 1.24. The standard InChI is InChI=1S/C13H12FNO2S/c14-10-3-1-2-9(4-10)12-15-11(5-18-12)13(6-16)7-17-8-13/h1-5,16H,6-8H2. The molecule has 94 valence electrons. The third-order valence-corrected chi connectivity index (χ3v) is 4.07. The first-order chi connectivity index (χ1) is 8.73. The summed E-state index contributed by atoms with van der Waals surface area (Å²) in [6.07, 6.45) is 0. The van der Waals surface area contributed by atoms with E-state index in [2.05, 4.69) is 4.98 Å². The molecule has 1 aliphatic rings. The van der Waals surface area contributed by atoms with Crippen LogP contribution in [0.4, 0.5) is 4.39 Å². The molecule has 3 rings (SSSR count). The molecular weight excluding hydrogens is 253 g/mol. The normalized spacial score (nSPS) is 17.4. The Labute approximate surface area is 108 Å². The van der Waals surface area contributed by atoms with Crippen LogP contribution in [0, 0.1) is 5.82 Å². The molecule has 0 bridgehead atoms. The van der Waals surface area contributed by atoms with Crippen LogP contribution in [-0.2, 0) is 10.2 Å². The van der Waals surface area contributed by atoms with E-state index in [4.69, 9.17) is 4.74 Å². The van der Waals surface area contributed by atoms with Gasteiger partial charge < -0.3 is 9.84 Å². The number of benzene rings is 1. The van der Waals surface area contributed by atoms with Crippen LogP contribution in [0.5, 0.6) is 0 Å². The molecule has 0 saturated carbocycles. The number of nitrogens with zero attached hydrogens (tertiary/aromatic N) is 1. The zero-order valence-electron chi connectivity index (χ0n) is 9.60. The second-order valence-corrected chi connectivity index (χ2v) is 5.34. The van der Waals surface area contributed by atoms with Crippen molar-refractivity contribution in [2.75, 3.05) is 19.8 Å². The topological polar surface area (TPSA) is 42.4 Å². The van der Waals surface area contributed by atoms with E-state index in [1.807, 2.05) is 11.4 Å². The second kappa shape index (κ2) is 4.42. The zero-order chi connectivity index (χ0) is 12.6. The van der Waals surface area contributed by atoms with Gasteiger partial charge >= 0.3 is 0 Å². The van der Waals surface area contributed by atoms with E-state index in [1.165, 1.54) is 23.5 Å². The molecule has 0 spiro atoms. The van der Waals surface area contributed by atoms with Gasteiger partial charge in [-0.2, -0.15) is 0 Å². The van der Waals surface area contributed by atoms with Crippen molar-refractivity contribution >= 4 is 11.3 Å². The summed E-state index contributed by atoms with van der Waals surface area (Å²) in [4.78, 5) is 4.50. The fourth-order valence-electron chi connectivity index (χ4n) is 1.94. The summed E-state index contributed by atoms with van der Waals surface area (Å²) in [6, 6.07) is 6.37. The van der Waals surface area contributed by atoms with Gasteiger partial charge in [-0.25, -0.2) is 9.37 Å². The molecule has 1 saturated heterocycles. The van der Waals surface area contributed by atoms with Gasteiger partial charge in [0, 0.05) is 10.9 Å². The molecule has 1 aliphatic heterocycles. The molecule has 1 fully saturated rings. The fourth-order valence-corrected chi connectivity index (χ4v) is 2.88. The molecule has 1 aromatic carbocycles. The molecule has 3 nitrogen and oxygen atoms in total. The van der Waals surface area contributed by atoms with E-state index in [0.29, 0.717) is 13.2 Å². The van der Waals surface area contributed by atoms with Gasteiger partial charge in [0.05, 0.1) is 30.9 Å². The molecule has 0 radical (unpaired) electrons. The van der Waals surface area contributed by atoms with Crippen LogP contribution in [0.2, 0.25) is 0 Å². The van der Waals surface area contributed by atoms with Crippen molar-refractivity contribution in [3.8, 4) is 10.6 Å². The number of rotatable bonds is 3. The molecule has 0 unspecified atom stereocenters. The highest BCUT2D eigenvalue weighted by Crippen LogP contribution is 2.35. The van der Waals surface area contributed by atoms with Gasteiger partial charge in [-0.1, -0.05) is 12.1 Å². The first kappa shape index (κ1) is 11.8. The number of aromatic nitrogens is 1. The van der Waals surface area contributed by atoms with Crippen molar-refractivity contribution in [1.82, 2.24) is 4.98 Å². The van der Waals surface area contributed by atoms with Crippen molar-refractivity contribution in [3.05, 3.63) is 41.2 Å². The van der Waals surface area contributed by atoms with Gasteiger partial charge in [0.1, 0.15) is 10.8 Å². The Balaban J connectivity index is 1.94. The number of halogens is 1. The minimum atomic E-state index is -0.359. The lowest BCUT2D eigenvalue weighted by atomic mass is 9.84. The van der Waals surface area contributed by atoms with Gasteiger partial charge in [0.25, 0.3) is 0 Å². The molecule has 1 N–H and O–H groups in total. The molecule has 2 heterocycles. The van der Waals surface area contributed by atoms with Crippen molar-refractivity contribution in [2.45, 2.75) is 5.41 Å². The molecule has 1 aromatic heterocycles. The van der Waals surface area contributed by atoms with Gasteiger partial charge in [-0.3, -0.25) is 0 Å². The first-order valence-electron chi connectivity index (χ1n) is 5.64. The Morgan fingerprint density at radius 1 is 1.44 bits per heavy atom. The highest BCUT2D eigenvalue weighted by molar-refractivity contribution is 7.13. The van der Waals surface area contributed by atoms with E-state index < -0.39 is 0 Å². The molecule has 5 heteroatoms. The summed E-state index contributed by atoms with van der Waals surface area (Å²) in [5, 5.41) is 12.1. The molecular formula is C13H12FNO2S. The molecule has 0 amide bonds. The third kappa shape index (κ3) is 1.84.